The molecular weight excluding hydrogens is 262 g/mol. The molecule has 0 saturated heterocycles. The average Bonchev–Trinajstić information content (AvgIpc) is 2.54. The summed E-state index contributed by atoms with van der Waals surface area (Å²) >= 11 is 0. The van der Waals surface area contributed by atoms with Gasteiger partial charge in [0.15, 0.2) is 0 Å². The van der Waals surface area contributed by atoms with E-state index in [-0.39, 0.29) is 0 Å². The van der Waals surface area contributed by atoms with Gasteiger partial charge in [-0.05, 0) is 36.8 Å². The van der Waals surface area contributed by atoms with Crippen molar-refractivity contribution in [2.24, 2.45) is 0 Å². The van der Waals surface area contributed by atoms with Gasteiger partial charge in [0.1, 0.15) is 11.4 Å². The lowest BCUT2D eigenvalue weighted by atomic mass is 9.92. The maximum absolute atomic E-state index is 10.8. The molecule has 0 bridgehead atoms. The maximum atomic E-state index is 10.8. The number of aliphatic hydroxyl groups is 1. The van der Waals surface area contributed by atoms with Gasteiger partial charge in [-0.1, -0.05) is 36.4 Å². The number of pyridine rings is 1. The highest BCUT2D eigenvalue weighted by molar-refractivity contribution is 5.80. The van der Waals surface area contributed by atoms with Crippen LogP contribution in [-0.4, -0.2) is 17.2 Å². The fourth-order valence-corrected chi connectivity index (χ4v) is 2.41. The molecule has 1 heterocycles. The zero-order valence-electron chi connectivity index (χ0n) is 12.1. The Balaban J connectivity index is 2.08. The van der Waals surface area contributed by atoms with Crippen LogP contribution < -0.4 is 4.74 Å². The van der Waals surface area contributed by atoms with Crippen LogP contribution in [0.15, 0.2) is 60.7 Å². The number of fused-ring (bicyclic) bond motifs is 1. The Labute approximate surface area is 123 Å². The quantitative estimate of drug-likeness (QED) is 0.798. The smallest absolute Gasteiger partial charge is 0.129 e. The molecule has 0 amide bonds. The van der Waals surface area contributed by atoms with Gasteiger partial charge >= 0.3 is 0 Å². The summed E-state index contributed by atoms with van der Waals surface area (Å²) in [6.45, 7) is 1.76. The van der Waals surface area contributed by atoms with E-state index in [1.807, 2.05) is 60.7 Å². The highest BCUT2D eigenvalue weighted by Crippen LogP contribution is 2.29. The molecule has 0 radical (unpaired) electrons. The van der Waals surface area contributed by atoms with Gasteiger partial charge < -0.3 is 9.84 Å². The molecule has 1 atom stereocenters. The number of methoxy groups -OCH3 is 1. The van der Waals surface area contributed by atoms with E-state index in [0.717, 1.165) is 22.2 Å². The second-order valence-corrected chi connectivity index (χ2v) is 5.19. The first kappa shape index (κ1) is 13.6. The SMILES string of the molecule is COc1ccc2nc([C@@](C)(O)c3ccccc3)ccc2c1. The summed E-state index contributed by atoms with van der Waals surface area (Å²) < 4.78 is 5.21. The van der Waals surface area contributed by atoms with Crippen LogP contribution >= 0.6 is 0 Å². The van der Waals surface area contributed by atoms with E-state index in [4.69, 9.17) is 4.74 Å². The number of hydrogen-bond acceptors (Lipinski definition) is 3. The van der Waals surface area contributed by atoms with E-state index >= 15 is 0 Å². The molecule has 1 N–H and O–H groups in total. The lowest BCUT2D eigenvalue weighted by Crippen LogP contribution is -2.24. The fourth-order valence-electron chi connectivity index (χ4n) is 2.41. The Morgan fingerprint density at radius 3 is 2.48 bits per heavy atom. The normalized spacial score (nSPS) is 13.9. The molecule has 3 aromatic rings. The number of nitrogens with zero attached hydrogens (tertiary/aromatic N) is 1. The summed E-state index contributed by atoms with van der Waals surface area (Å²) in [4.78, 5) is 4.59. The zero-order chi connectivity index (χ0) is 14.9. The maximum Gasteiger partial charge on any atom is 0.129 e. The summed E-state index contributed by atoms with van der Waals surface area (Å²) in [5, 5.41) is 11.8. The Hall–Kier alpha value is -2.39. The Kier molecular flexibility index (Phi) is 3.35. The second kappa shape index (κ2) is 5.19. The fraction of sp³-hybridized carbons (Fsp3) is 0.167. The lowest BCUT2D eigenvalue weighted by Gasteiger charge is -2.23. The number of rotatable bonds is 3. The zero-order valence-corrected chi connectivity index (χ0v) is 12.1. The first-order chi connectivity index (χ1) is 10.1. The first-order valence-corrected chi connectivity index (χ1v) is 6.84. The summed E-state index contributed by atoms with van der Waals surface area (Å²) in [7, 11) is 1.64. The van der Waals surface area contributed by atoms with Crippen LogP contribution in [0, 0.1) is 0 Å². The molecule has 0 saturated carbocycles. The van der Waals surface area contributed by atoms with Crippen LogP contribution in [0.1, 0.15) is 18.2 Å². The predicted octanol–water partition coefficient (Wildman–Crippen LogP) is 3.50. The van der Waals surface area contributed by atoms with Gasteiger partial charge in [-0.25, -0.2) is 4.98 Å². The van der Waals surface area contributed by atoms with Gasteiger partial charge in [0.2, 0.25) is 0 Å². The summed E-state index contributed by atoms with van der Waals surface area (Å²) in [5.41, 5.74) is 1.18. The minimum atomic E-state index is -1.12. The van der Waals surface area contributed by atoms with Gasteiger partial charge in [-0.15, -0.1) is 0 Å². The molecule has 1 aromatic heterocycles. The average molecular weight is 279 g/mol. The van der Waals surface area contributed by atoms with Gasteiger partial charge in [0.05, 0.1) is 18.3 Å². The molecule has 0 aliphatic heterocycles. The van der Waals surface area contributed by atoms with Crippen molar-refractivity contribution in [1.82, 2.24) is 4.98 Å². The molecular formula is C18H17NO2. The van der Waals surface area contributed by atoms with E-state index in [2.05, 4.69) is 4.98 Å². The Morgan fingerprint density at radius 2 is 1.76 bits per heavy atom. The third-order valence-corrected chi connectivity index (χ3v) is 3.73. The van der Waals surface area contributed by atoms with Crippen molar-refractivity contribution in [3.05, 3.63) is 71.9 Å². The molecule has 3 rings (SSSR count). The highest BCUT2D eigenvalue weighted by Gasteiger charge is 2.27. The number of aromatic nitrogens is 1. The van der Waals surface area contributed by atoms with Gasteiger partial charge in [-0.2, -0.15) is 0 Å². The number of benzene rings is 2. The number of hydrogen-bond donors (Lipinski definition) is 1. The van der Waals surface area contributed by atoms with E-state index in [1.165, 1.54) is 0 Å². The molecule has 0 aliphatic rings. The third-order valence-electron chi connectivity index (χ3n) is 3.73. The van der Waals surface area contributed by atoms with Crippen molar-refractivity contribution < 1.29 is 9.84 Å². The van der Waals surface area contributed by atoms with Crippen LogP contribution in [0.25, 0.3) is 10.9 Å². The summed E-state index contributed by atoms with van der Waals surface area (Å²) in [6, 6.07) is 19.1. The van der Waals surface area contributed by atoms with Crippen molar-refractivity contribution >= 4 is 10.9 Å². The van der Waals surface area contributed by atoms with Gasteiger partial charge in [0, 0.05) is 5.39 Å². The van der Waals surface area contributed by atoms with Gasteiger partial charge in [-0.3, -0.25) is 0 Å². The van der Waals surface area contributed by atoms with Crippen LogP contribution in [-0.2, 0) is 5.60 Å². The largest absolute Gasteiger partial charge is 0.497 e. The third kappa shape index (κ3) is 2.48. The van der Waals surface area contributed by atoms with E-state index < -0.39 is 5.60 Å². The standard InChI is InChI=1S/C18H17NO2/c1-18(20,14-6-4-3-5-7-14)17-11-8-13-12-15(21-2)9-10-16(13)19-17/h3-12,20H,1-2H3/t18-/m0/s1. The van der Waals surface area contributed by atoms with Crippen molar-refractivity contribution in [2.75, 3.05) is 7.11 Å². The minimum Gasteiger partial charge on any atom is -0.497 e. The topological polar surface area (TPSA) is 42.4 Å². The second-order valence-electron chi connectivity index (χ2n) is 5.19. The number of ether oxygens (including phenoxy) is 1. The Bertz CT molecular complexity index is 767. The highest BCUT2D eigenvalue weighted by atomic mass is 16.5. The van der Waals surface area contributed by atoms with Crippen molar-refractivity contribution in [1.29, 1.82) is 0 Å². The molecule has 3 heteroatoms. The predicted molar refractivity (Wildman–Crippen MR) is 83.4 cm³/mol. The van der Waals surface area contributed by atoms with Crippen LogP contribution in [0.5, 0.6) is 5.75 Å². The molecule has 0 spiro atoms. The minimum absolute atomic E-state index is 0.631. The summed E-state index contributed by atoms with van der Waals surface area (Å²) in [6.07, 6.45) is 0. The van der Waals surface area contributed by atoms with E-state index in [1.54, 1.807) is 14.0 Å². The Morgan fingerprint density at radius 1 is 1.00 bits per heavy atom. The monoisotopic (exact) mass is 279 g/mol. The van der Waals surface area contributed by atoms with E-state index in [9.17, 15) is 5.11 Å². The van der Waals surface area contributed by atoms with Crippen LogP contribution in [0.3, 0.4) is 0 Å². The lowest BCUT2D eigenvalue weighted by molar-refractivity contribution is 0.0978. The molecule has 3 nitrogen and oxygen atoms in total. The summed E-state index contributed by atoms with van der Waals surface area (Å²) in [5.74, 6) is 0.798. The van der Waals surface area contributed by atoms with E-state index in [0.29, 0.717) is 5.69 Å². The molecule has 21 heavy (non-hydrogen) atoms. The van der Waals surface area contributed by atoms with Crippen molar-refractivity contribution in [3.8, 4) is 5.75 Å². The molecule has 2 aromatic carbocycles. The van der Waals surface area contributed by atoms with Crippen LogP contribution in [0.2, 0.25) is 0 Å². The first-order valence-electron chi connectivity index (χ1n) is 6.84. The molecule has 0 aliphatic carbocycles. The molecule has 0 unspecified atom stereocenters. The molecule has 0 fully saturated rings. The van der Waals surface area contributed by atoms with Crippen LogP contribution in [0.4, 0.5) is 0 Å². The van der Waals surface area contributed by atoms with Gasteiger partial charge in [0.25, 0.3) is 0 Å². The van der Waals surface area contributed by atoms with Crippen molar-refractivity contribution in [2.45, 2.75) is 12.5 Å². The van der Waals surface area contributed by atoms with Crippen molar-refractivity contribution in [3.63, 3.8) is 0 Å². The molecule has 106 valence electrons.